The summed E-state index contributed by atoms with van der Waals surface area (Å²) in [5, 5.41) is 9.51. The molecule has 21 heavy (non-hydrogen) atoms. The zero-order chi connectivity index (χ0) is 15.4. The number of hydrogen-bond donors (Lipinski definition) is 1. The third kappa shape index (κ3) is 3.77. The first kappa shape index (κ1) is 15.4. The van der Waals surface area contributed by atoms with Gasteiger partial charge in [0.25, 0.3) is 0 Å². The number of carbonyl (C=O) groups is 1. The number of aromatic nitrogens is 1. The van der Waals surface area contributed by atoms with E-state index in [9.17, 15) is 4.79 Å². The summed E-state index contributed by atoms with van der Waals surface area (Å²) in [6.45, 7) is 0.0544. The second kappa shape index (κ2) is 6.65. The lowest BCUT2D eigenvalue weighted by Gasteiger charge is -2.11. The van der Waals surface area contributed by atoms with Crippen molar-refractivity contribution in [1.82, 2.24) is 4.98 Å². The van der Waals surface area contributed by atoms with Gasteiger partial charge < -0.3 is 14.6 Å². The van der Waals surface area contributed by atoms with Crippen LogP contribution in [0.15, 0.2) is 30.3 Å². The van der Waals surface area contributed by atoms with Crippen molar-refractivity contribution >= 4 is 29.2 Å². The number of benzene rings is 1. The van der Waals surface area contributed by atoms with Crippen molar-refractivity contribution in [2.75, 3.05) is 7.11 Å². The fraction of sp³-hybridized carbons (Fsp3) is 0.143. The van der Waals surface area contributed by atoms with Gasteiger partial charge in [-0.1, -0.05) is 29.3 Å². The van der Waals surface area contributed by atoms with E-state index in [1.807, 2.05) is 0 Å². The summed E-state index contributed by atoms with van der Waals surface area (Å²) in [6.07, 6.45) is 0. The van der Waals surface area contributed by atoms with E-state index in [1.54, 1.807) is 18.2 Å². The van der Waals surface area contributed by atoms with Gasteiger partial charge in [0.2, 0.25) is 5.88 Å². The molecule has 1 N–H and O–H groups in total. The predicted octanol–water partition coefficient (Wildman–Crippen LogP) is 3.67. The van der Waals surface area contributed by atoms with Crippen LogP contribution in [-0.2, 0) is 6.61 Å². The van der Waals surface area contributed by atoms with Gasteiger partial charge in [-0.25, -0.2) is 9.78 Å². The summed E-state index contributed by atoms with van der Waals surface area (Å²) in [6, 6.07) is 7.88. The Bertz CT molecular complexity index is 676. The van der Waals surface area contributed by atoms with Crippen LogP contribution in [0.1, 0.15) is 16.1 Å². The summed E-state index contributed by atoms with van der Waals surface area (Å²) in [7, 11) is 1.51. The Morgan fingerprint density at radius 3 is 2.76 bits per heavy atom. The molecule has 0 unspecified atom stereocenters. The summed E-state index contributed by atoms with van der Waals surface area (Å²) >= 11 is 11.8. The lowest BCUT2D eigenvalue weighted by atomic mass is 10.2. The number of carboxylic acid groups (broad SMARTS) is 1. The van der Waals surface area contributed by atoms with Gasteiger partial charge in [0.1, 0.15) is 12.2 Å². The molecule has 2 rings (SSSR count). The first-order chi connectivity index (χ1) is 10.0. The molecule has 0 atom stereocenters. The Morgan fingerprint density at radius 1 is 1.33 bits per heavy atom. The van der Waals surface area contributed by atoms with E-state index in [2.05, 4.69) is 4.98 Å². The summed E-state index contributed by atoms with van der Waals surface area (Å²) in [4.78, 5) is 15.4. The van der Waals surface area contributed by atoms with Crippen molar-refractivity contribution in [2.24, 2.45) is 0 Å². The molecular weight excluding hydrogens is 317 g/mol. The molecule has 0 aliphatic heterocycles. The quantitative estimate of drug-likeness (QED) is 0.907. The molecule has 0 saturated carbocycles. The highest BCUT2D eigenvalue weighted by Gasteiger charge is 2.17. The molecule has 5 nitrogen and oxygen atoms in total. The van der Waals surface area contributed by atoms with E-state index in [1.165, 1.54) is 19.2 Å². The second-order valence-electron chi connectivity index (χ2n) is 4.03. The van der Waals surface area contributed by atoms with E-state index < -0.39 is 5.97 Å². The lowest BCUT2D eigenvalue weighted by Crippen LogP contribution is -2.05. The van der Waals surface area contributed by atoms with E-state index in [-0.39, 0.29) is 28.0 Å². The summed E-state index contributed by atoms with van der Waals surface area (Å²) < 4.78 is 10.5. The average Bonchev–Trinajstić information content (AvgIpc) is 2.45. The van der Waals surface area contributed by atoms with Gasteiger partial charge in [-0.2, -0.15) is 0 Å². The van der Waals surface area contributed by atoms with Crippen molar-refractivity contribution < 1.29 is 19.4 Å². The zero-order valence-electron chi connectivity index (χ0n) is 11.0. The molecule has 0 bridgehead atoms. The molecule has 0 aliphatic carbocycles. The second-order valence-corrected chi connectivity index (χ2v) is 4.87. The monoisotopic (exact) mass is 327 g/mol. The summed E-state index contributed by atoms with van der Waals surface area (Å²) in [5.74, 6) is -0.678. The van der Waals surface area contributed by atoms with Crippen molar-refractivity contribution in [2.45, 2.75) is 6.61 Å². The third-order valence-corrected chi connectivity index (χ3v) is 3.09. The number of nitrogens with zero attached hydrogens (tertiary/aromatic N) is 1. The standard InChI is InChI=1S/C14H11Cl2NO4/c1-20-12-4-2-3-9(17-12)7-21-13-10(14(18)19)5-8(15)6-11(13)16/h2-6H,7H2,1H3,(H,18,19). The number of hydrogen-bond acceptors (Lipinski definition) is 4. The van der Waals surface area contributed by atoms with Gasteiger partial charge in [0, 0.05) is 11.1 Å². The molecule has 2 aromatic rings. The highest BCUT2D eigenvalue weighted by Crippen LogP contribution is 2.33. The SMILES string of the molecule is COc1cccc(COc2c(Cl)cc(Cl)cc2C(=O)O)n1. The molecule has 1 heterocycles. The molecule has 0 fully saturated rings. The fourth-order valence-electron chi connectivity index (χ4n) is 1.66. The Labute approximate surface area is 131 Å². The maximum Gasteiger partial charge on any atom is 0.339 e. The molecular formula is C14H11Cl2NO4. The highest BCUT2D eigenvalue weighted by molar-refractivity contribution is 6.36. The fourth-order valence-corrected chi connectivity index (χ4v) is 2.21. The number of pyridine rings is 1. The van der Waals surface area contributed by atoms with Crippen molar-refractivity contribution in [3.05, 3.63) is 51.6 Å². The molecule has 0 radical (unpaired) electrons. The minimum atomic E-state index is -1.17. The molecule has 1 aromatic carbocycles. The number of methoxy groups -OCH3 is 1. The van der Waals surface area contributed by atoms with E-state index in [4.69, 9.17) is 37.8 Å². The van der Waals surface area contributed by atoms with Crippen molar-refractivity contribution in [1.29, 1.82) is 0 Å². The smallest absolute Gasteiger partial charge is 0.339 e. The molecule has 7 heteroatoms. The van der Waals surface area contributed by atoms with Crippen LogP contribution < -0.4 is 9.47 Å². The molecule has 0 amide bonds. The topological polar surface area (TPSA) is 68.7 Å². The number of ether oxygens (including phenoxy) is 2. The van der Waals surface area contributed by atoms with E-state index >= 15 is 0 Å². The average molecular weight is 328 g/mol. The number of aromatic carboxylic acids is 1. The van der Waals surface area contributed by atoms with Crippen LogP contribution in [0.25, 0.3) is 0 Å². The normalized spacial score (nSPS) is 10.2. The van der Waals surface area contributed by atoms with Crippen LogP contribution in [-0.4, -0.2) is 23.2 Å². The Balaban J connectivity index is 2.25. The van der Waals surface area contributed by atoms with Crippen LogP contribution in [0.5, 0.6) is 11.6 Å². The first-order valence-electron chi connectivity index (χ1n) is 5.86. The Hall–Kier alpha value is -1.98. The predicted molar refractivity (Wildman–Crippen MR) is 78.5 cm³/mol. The van der Waals surface area contributed by atoms with Crippen LogP contribution in [0.3, 0.4) is 0 Å². The van der Waals surface area contributed by atoms with Crippen LogP contribution in [0.4, 0.5) is 0 Å². The van der Waals surface area contributed by atoms with Gasteiger partial charge in [-0.15, -0.1) is 0 Å². The summed E-state index contributed by atoms with van der Waals surface area (Å²) in [5.41, 5.74) is 0.479. The zero-order valence-corrected chi connectivity index (χ0v) is 12.5. The minimum Gasteiger partial charge on any atom is -0.485 e. The number of carboxylic acids is 1. The molecule has 110 valence electrons. The van der Waals surface area contributed by atoms with Gasteiger partial charge in [-0.05, 0) is 18.2 Å². The molecule has 0 spiro atoms. The number of halogens is 2. The molecule has 0 aliphatic rings. The van der Waals surface area contributed by atoms with Crippen LogP contribution in [0.2, 0.25) is 10.0 Å². The van der Waals surface area contributed by atoms with Crippen LogP contribution in [0, 0.1) is 0 Å². The first-order valence-corrected chi connectivity index (χ1v) is 6.62. The maximum atomic E-state index is 11.2. The minimum absolute atomic E-state index is 0.0539. The van der Waals surface area contributed by atoms with Gasteiger partial charge in [-0.3, -0.25) is 0 Å². The van der Waals surface area contributed by atoms with E-state index in [0.29, 0.717) is 11.6 Å². The largest absolute Gasteiger partial charge is 0.485 e. The van der Waals surface area contributed by atoms with Crippen molar-refractivity contribution in [3.8, 4) is 11.6 Å². The third-order valence-electron chi connectivity index (χ3n) is 2.59. The molecule has 0 saturated heterocycles. The highest BCUT2D eigenvalue weighted by atomic mass is 35.5. The van der Waals surface area contributed by atoms with Gasteiger partial charge in [0.15, 0.2) is 5.75 Å². The molecule has 1 aromatic heterocycles. The maximum absolute atomic E-state index is 11.2. The van der Waals surface area contributed by atoms with Gasteiger partial charge in [0.05, 0.1) is 17.8 Å². The van der Waals surface area contributed by atoms with Crippen molar-refractivity contribution in [3.63, 3.8) is 0 Å². The Kier molecular flexibility index (Phi) is 4.88. The lowest BCUT2D eigenvalue weighted by molar-refractivity contribution is 0.0691. The van der Waals surface area contributed by atoms with E-state index in [0.717, 1.165) is 0 Å². The Morgan fingerprint density at radius 2 is 2.10 bits per heavy atom. The van der Waals surface area contributed by atoms with Crippen LogP contribution >= 0.6 is 23.2 Å². The van der Waals surface area contributed by atoms with Gasteiger partial charge >= 0.3 is 5.97 Å². The number of rotatable bonds is 5.